The Bertz CT molecular complexity index is 588. The molecule has 0 atom stereocenters. The predicted molar refractivity (Wildman–Crippen MR) is 72.6 cm³/mol. The number of carbonyl (C=O) groups excluding carboxylic acids is 3. The summed E-state index contributed by atoms with van der Waals surface area (Å²) in [4.78, 5) is 36.2. The third-order valence-electron chi connectivity index (χ3n) is 3.09. The van der Waals surface area contributed by atoms with E-state index in [1.807, 2.05) is 0 Å². The van der Waals surface area contributed by atoms with Crippen molar-refractivity contribution in [3.8, 4) is 0 Å². The minimum atomic E-state index is -0.887. The highest BCUT2D eigenvalue weighted by Gasteiger charge is 2.38. The van der Waals surface area contributed by atoms with Crippen LogP contribution in [0.25, 0.3) is 0 Å². The lowest BCUT2D eigenvalue weighted by Crippen LogP contribution is -2.40. The van der Waals surface area contributed by atoms with Crippen molar-refractivity contribution >= 4 is 23.3 Å². The first-order valence-electron chi connectivity index (χ1n) is 6.46. The topological polar surface area (TPSA) is 75.7 Å². The van der Waals surface area contributed by atoms with E-state index in [0.717, 1.165) is 11.0 Å². The molecular formula is C14H15FN2O4. The molecule has 1 aliphatic heterocycles. The van der Waals surface area contributed by atoms with Crippen molar-refractivity contribution < 1.29 is 23.5 Å². The minimum Gasteiger partial charge on any atom is -0.385 e. The second kappa shape index (κ2) is 6.45. The number of anilines is 1. The maximum Gasteiger partial charge on any atom is 0.300 e. The maximum atomic E-state index is 13.8. The van der Waals surface area contributed by atoms with Crippen molar-refractivity contribution in [3.05, 3.63) is 29.6 Å². The van der Waals surface area contributed by atoms with Gasteiger partial charge in [0.1, 0.15) is 12.4 Å². The van der Waals surface area contributed by atoms with E-state index in [4.69, 9.17) is 4.74 Å². The van der Waals surface area contributed by atoms with Gasteiger partial charge in [0.2, 0.25) is 5.91 Å². The first-order chi connectivity index (χ1) is 10.1. The molecule has 0 spiro atoms. The molecule has 6 nitrogen and oxygen atoms in total. The summed E-state index contributed by atoms with van der Waals surface area (Å²) in [6.07, 6.45) is 0.625. The lowest BCUT2D eigenvalue weighted by atomic mass is 10.1. The average molecular weight is 294 g/mol. The molecule has 0 aromatic heterocycles. The number of ether oxygens (including phenoxy) is 1. The Labute approximate surface area is 120 Å². The number of ketones is 1. The van der Waals surface area contributed by atoms with Crippen LogP contribution in [0.5, 0.6) is 0 Å². The van der Waals surface area contributed by atoms with Gasteiger partial charge in [-0.3, -0.25) is 19.3 Å². The fourth-order valence-electron chi connectivity index (χ4n) is 2.11. The smallest absolute Gasteiger partial charge is 0.300 e. The summed E-state index contributed by atoms with van der Waals surface area (Å²) in [6.45, 7) is 0.497. The van der Waals surface area contributed by atoms with Crippen LogP contribution >= 0.6 is 0 Å². The maximum absolute atomic E-state index is 13.8. The van der Waals surface area contributed by atoms with Gasteiger partial charge in [0, 0.05) is 20.3 Å². The summed E-state index contributed by atoms with van der Waals surface area (Å²) in [6, 6.07) is 3.87. The second-order valence-corrected chi connectivity index (χ2v) is 4.55. The molecule has 0 radical (unpaired) electrons. The average Bonchev–Trinajstić information content (AvgIpc) is 2.70. The van der Waals surface area contributed by atoms with Gasteiger partial charge in [-0.1, -0.05) is 6.07 Å². The number of rotatable bonds is 6. The number of nitrogens with one attached hydrogen (secondary N) is 1. The molecule has 0 saturated carbocycles. The number of benzene rings is 1. The number of para-hydroxylation sites is 1. The number of hydrogen-bond donors (Lipinski definition) is 1. The van der Waals surface area contributed by atoms with E-state index in [1.165, 1.54) is 12.1 Å². The highest BCUT2D eigenvalue weighted by atomic mass is 19.1. The molecule has 2 rings (SSSR count). The highest BCUT2D eigenvalue weighted by molar-refractivity contribution is 6.52. The van der Waals surface area contributed by atoms with E-state index < -0.39 is 23.4 Å². The van der Waals surface area contributed by atoms with Gasteiger partial charge in [-0.25, -0.2) is 4.39 Å². The summed E-state index contributed by atoms with van der Waals surface area (Å²) < 4.78 is 18.6. The number of fused-ring (bicyclic) bond motifs is 1. The van der Waals surface area contributed by atoms with Gasteiger partial charge >= 0.3 is 0 Å². The van der Waals surface area contributed by atoms with E-state index in [0.29, 0.717) is 19.6 Å². The second-order valence-electron chi connectivity index (χ2n) is 4.55. The molecule has 2 amide bonds. The van der Waals surface area contributed by atoms with Gasteiger partial charge in [0.25, 0.3) is 11.7 Å². The van der Waals surface area contributed by atoms with Crippen molar-refractivity contribution in [2.24, 2.45) is 0 Å². The first kappa shape index (κ1) is 15.1. The Kier molecular flexibility index (Phi) is 4.64. The fraction of sp³-hybridized carbons (Fsp3) is 0.357. The molecule has 0 fully saturated rings. The van der Waals surface area contributed by atoms with Gasteiger partial charge in [-0.2, -0.15) is 0 Å². The summed E-state index contributed by atoms with van der Waals surface area (Å²) in [5.74, 6) is -2.83. The van der Waals surface area contributed by atoms with E-state index in [2.05, 4.69) is 5.32 Å². The van der Waals surface area contributed by atoms with Gasteiger partial charge in [-0.15, -0.1) is 0 Å². The van der Waals surface area contributed by atoms with Crippen LogP contribution in [0.15, 0.2) is 18.2 Å². The van der Waals surface area contributed by atoms with Crippen LogP contribution in [0.2, 0.25) is 0 Å². The zero-order valence-electron chi connectivity index (χ0n) is 11.5. The molecular weight excluding hydrogens is 279 g/mol. The summed E-state index contributed by atoms with van der Waals surface area (Å²) in [7, 11) is 1.55. The monoisotopic (exact) mass is 294 g/mol. The molecule has 1 N–H and O–H groups in total. The highest BCUT2D eigenvalue weighted by Crippen LogP contribution is 2.31. The zero-order chi connectivity index (χ0) is 15.4. The Morgan fingerprint density at radius 2 is 2.14 bits per heavy atom. The van der Waals surface area contributed by atoms with E-state index in [1.54, 1.807) is 7.11 Å². The third-order valence-corrected chi connectivity index (χ3v) is 3.09. The Morgan fingerprint density at radius 1 is 1.38 bits per heavy atom. The molecule has 0 bridgehead atoms. The largest absolute Gasteiger partial charge is 0.385 e. The van der Waals surface area contributed by atoms with Crippen LogP contribution in [0.4, 0.5) is 10.1 Å². The predicted octanol–water partition coefficient (Wildman–Crippen LogP) is 0.508. The summed E-state index contributed by atoms with van der Waals surface area (Å²) in [5.41, 5.74) is -0.133. The Balaban J connectivity index is 2.06. The quantitative estimate of drug-likeness (QED) is 0.612. The van der Waals surface area contributed by atoms with Gasteiger partial charge in [0.05, 0.1) is 11.3 Å². The van der Waals surface area contributed by atoms with Crippen molar-refractivity contribution in [2.45, 2.75) is 6.42 Å². The molecule has 1 heterocycles. The number of Topliss-reactive ketones (excluding diaryl/α,β-unsaturated/α-hetero) is 1. The molecule has 1 aromatic carbocycles. The van der Waals surface area contributed by atoms with Crippen molar-refractivity contribution in [3.63, 3.8) is 0 Å². The van der Waals surface area contributed by atoms with Crippen LogP contribution < -0.4 is 10.2 Å². The molecule has 0 aliphatic carbocycles. The number of carbonyl (C=O) groups is 3. The van der Waals surface area contributed by atoms with Gasteiger partial charge in [-0.05, 0) is 18.6 Å². The van der Waals surface area contributed by atoms with Crippen LogP contribution in [0.3, 0.4) is 0 Å². The number of nitrogens with zero attached hydrogens (tertiary/aromatic N) is 1. The lowest BCUT2D eigenvalue weighted by Gasteiger charge is -2.16. The van der Waals surface area contributed by atoms with Gasteiger partial charge < -0.3 is 10.1 Å². The molecule has 7 heteroatoms. The first-order valence-corrected chi connectivity index (χ1v) is 6.46. The van der Waals surface area contributed by atoms with E-state index >= 15 is 0 Å². The van der Waals surface area contributed by atoms with Crippen LogP contribution in [0, 0.1) is 5.82 Å². The number of hydrogen-bond acceptors (Lipinski definition) is 4. The van der Waals surface area contributed by atoms with Crippen molar-refractivity contribution in [1.82, 2.24) is 5.32 Å². The molecule has 21 heavy (non-hydrogen) atoms. The van der Waals surface area contributed by atoms with Crippen LogP contribution in [-0.2, 0) is 14.3 Å². The SMILES string of the molecule is COCCCNC(=O)CN1C(=O)C(=O)c2cccc(F)c21. The van der Waals surface area contributed by atoms with Crippen molar-refractivity contribution in [2.75, 3.05) is 31.7 Å². The normalized spacial score (nSPS) is 13.5. The fourth-order valence-corrected chi connectivity index (χ4v) is 2.11. The van der Waals surface area contributed by atoms with E-state index in [9.17, 15) is 18.8 Å². The Hall–Kier alpha value is -2.28. The molecule has 0 unspecified atom stereocenters. The summed E-state index contributed by atoms with van der Waals surface area (Å²) in [5, 5.41) is 2.58. The minimum absolute atomic E-state index is 0.00724. The number of halogens is 1. The summed E-state index contributed by atoms with van der Waals surface area (Å²) >= 11 is 0. The van der Waals surface area contributed by atoms with Crippen LogP contribution in [0.1, 0.15) is 16.8 Å². The standard InChI is InChI=1S/C14H15FN2O4/c1-21-7-3-6-16-11(18)8-17-12-9(13(19)14(17)20)4-2-5-10(12)15/h2,4-5H,3,6-8H2,1H3,(H,16,18). The Morgan fingerprint density at radius 3 is 2.86 bits per heavy atom. The molecule has 0 saturated heterocycles. The third kappa shape index (κ3) is 3.08. The number of amides is 2. The van der Waals surface area contributed by atoms with Gasteiger partial charge in [0.15, 0.2) is 0 Å². The van der Waals surface area contributed by atoms with Crippen LogP contribution in [-0.4, -0.2) is 44.4 Å². The molecule has 1 aliphatic rings. The molecule has 1 aromatic rings. The number of methoxy groups -OCH3 is 1. The van der Waals surface area contributed by atoms with Crippen molar-refractivity contribution in [1.29, 1.82) is 0 Å². The van der Waals surface area contributed by atoms with E-state index in [-0.39, 0.29) is 17.8 Å². The zero-order valence-corrected chi connectivity index (χ0v) is 11.5. The molecule has 112 valence electrons. The lowest BCUT2D eigenvalue weighted by molar-refractivity contribution is -0.122.